The molecule has 0 saturated carbocycles. The fraction of sp³-hybridized carbons (Fsp3) is 0.409. The third kappa shape index (κ3) is 5.55. The average molecular weight is 386 g/mol. The second-order valence-corrected chi connectivity index (χ2v) is 8.61. The van der Waals surface area contributed by atoms with Crippen molar-refractivity contribution < 1.29 is 28.8 Å². The van der Waals surface area contributed by atoms with Crippen molar-refractivity contribution >= 4 is 5.97 Å². The Labute approximate surface area is 165 Å². The highest BCUT2D eigenvalue weighted by Crippen LogP contribution is 2.39. The molecule has 0 aliphatic carbocycles. The lowest BCUT2D eigenvalue weighted by atomic mass is 9.84. The van der Waals surface area contributed by atoms with Gasteiger partial charge in [-0.1, -0.05) is 20.8 Å². The Balaban J connectivity index is 1.50. The predicted octanol–water partition coefficient (Wildman–Crippen LogP) is 5.30. The molecule has 3 rings (SSSR count). The van der Waals surface area contributed by atoms with Gasteiger partial charge in [-0.05, 0) is 62.1 Å². The molecule has 0 radical (unpaired) electrons. The average Bonchev–Trinajstić information content (AvgIpc) is 2.96. The maximum Gasteiger partial charge on any atom is 0.344 e. The Bertz CT molecular complexity index is 833. The Hall–Kier alpha value is -2.89. The molecule has 1 aliphatic heterocycles. The summed E-state index contributed by atoms with van der Waals surface area (Å²) in [5, 5.41) is 0. The van der Waals surface area contributed by atoms with Crippen molar-refractivity contribution in [3.05, 3.63) is 42.5 Å². The van der Waals surface area contributed by atoms with E-state index >= 15 is 0 Å². The molecule has 0 spiro atoms. The Morgan fingerprint density at radius 2 is 1.61 bits per heavy atom. The van der Waals surface area contributed by atoms with E-state index in [-0.39, 0.29) is 12.0 Å². The van der Waals surface area contributed by atoms with Crippen LogP contribution in [-0.4, -0.2) is 18.2 Å². The number of carbonyl (C=O) groups is 1. The van der Waals surface area contributed by atoms with Gasteiger partial charge in [-0.25, -0.2) is 4.79 Å². The fourth-order valence-corrected chi connectivity index (χ4v) is 3.31. The number of rotatable bonds is 7. The summed E-state index contributed by atoms with van der Waals surface area (Å²) in [6.45, 7) is 10.0. The first-order valence-corrected chi connectivity index (χ1v) is 9.21. The van der Waals surface area contributed by atoms with Gasteiger partial charge in [0.1, 0.15) is 17.1 Å². The highest BCUT2D eigenvalue weighted by molar-refractivity contribution is 5.71. The van der Waals surface area contributed by atoms with Gasteiger partial charge in [0.05, 0.1) is 0 Å². The summed E-state index contributed by atoms with van der Waals surface area (Å²) in [5.41, 5.74) is -0.476. The zero-order valence-electron chi connectivity index (χ0n) is 16.9. The number of esters is 1. The number of fused-ring (bicyclic) bond motifs is 2. The Morgan fingerprint density at radius 1 is 0.929 bits per heavy atom. The first-order chi connectivity index (χ1) is 13.1. The first kappa shape index (κ1) is 19.9. The molecule has 0 amide bonds. The number of ether oxygens (including phenoxy) is 3. The van der Waals surface area contributed by atoms with E-state index < -0.39 is 11.6 Å². The van der Waals surface area contributed by atoms with Crippen LogP contribution < -0.4 is 19.2 Å². The van der Waals surface area contributed by atoms with E-state index in [0.29, 0.717) is 28.7 Å². The third-order valence-corrected chi connectivity index (χ3v) is 3.90. The molecule has 150 valence electrons. The number of hydrogen-bond donors (Lipinski definition) is 0. The van der Waals surface area contributed by atoms with Crippen molar-refractivity contribution in [3.8, 4) is 28.7 Å². The van der Waals surface area contributed by atoms with Crippen LogP contribution in [0.25, 0.3) is 0 Å². The molecule has 1 aliphatic rings. The van der Waals surface area contributed by atoms with E-state index in [0.717, 1.165) is 6.42 Å². The quantitative estimate of drug-likeness (QED) is 0.475. The smallest absolute Gasteiger partial charge is 0.344 e. The van der Waals surface area contributed by atoms with Crippen molar-refractivity contribution in [1.29, 1.82) is 0 Å². The van der Waals surface area contributed by atoms with Gasteiger partial charge < -0.3 is 14.2 Å². The monoisotopic (exact) mass is 386 g/mol. The topological polar surface area (TPSA) is 63.2 Å². The van der Waals surface area contributed by atoms with Gasteiger partial charge in [-0.3, -0.25) is 9.78 Å². The van der Waals surface area contributed by atoms with E-state index in [1.54, 1.807) is 42.5 Å². The van der Waals surface area contributed by atoms with E-state index in [1.165, 1.54) is 0 Å². The van der Waals surface area contributed by atoms with Crippen molar-refractivity contribution in [3.63, 3.8) is 0 Å². The lowest BCUT2D eigenvalue weighted by Crippen LogP contribution is -2.34. The lowest BCUT2D eigenvalue weighted by Gasteiger charge is -2.32. The SMILES string of the molecule is CC(C)(C)CC(C)(C)OC(=O)COc1ccc(Oc2ccc3cc2OO3)cc1. The molecule has 6 nitrogen and oxygen atoms in total. The standard InChI is InChI=1S/C22H26O6/c1-21(2,3)14-22(4,5)26-20(23)13-24-15-6-8-16(9-7-15)25-18-11-10-17-12-19(18)28-27-17/h6-12H,13-14H2,1-5H3. The summed E-state index contributed by atoms with van der Waals surface area (Å²) in [6.07, 6.45) is 0.759. The van der Waals surface area contributed by atoms with Crippen LogP contribution in [-0.2, 0) is 9.53 Å². The Morgan fingerprint density at radius 3 is 2.29 bits per heavy atom. The van der Waals surface area contributed by atoms with Crippen LogP contribution in [0.5, 0.6) is 28.7 Å². The molecule has 1 heterocycles. The van der Waals surface area contributed by atoms with E-state index in [4.69, 9.17) is 24.0 Å². The van der Waals surface area contributed by atoms with Crippen molar-refractivity contribution in [1.82, 2.24) is 0 Å². The molecule has 0 unspecified atom stereocenters. The summed E-state index contributed by atoms with van der Waals surface area (Å²) in [7, 11) is 0. The zero-order valence-corrected chi connectivity index (χ0v) is 16.9. The van der Waals surface area contributed by atoms with Crippen LogP contribution in [0.15, 0.2) is 42.5 Å². The predicted molar refractivity (Wildman–Crippen MR) is 104 cm³/mol. The molecular weight excluding hydrogens is 360 g/mol. The molecule has 0 N–H and O–H groups in total. The largest absolute Gasteiger partial charge is 0.482 e. The van der Waals surface area contributed by atoms with Gasteiger partial charge in [-0.2, -0.15) is 0 Å². The lowest BCUT2D eigenvalue weighted by molar-refractivity contribution is -0.161. The number of hydrogen-bond acceptors (Lipinski definition) is 6. The molecule has 2 aromatic rings. The van der Waals surface area contributed by atoms with Crippen molar-refractivity contribution in [2.45, 2.75) is 46.6 Å². The summed E-state index contributed by atoms with van der Waals surface area (Å²) in [4.78, 5) is 22.1. The van der Waals surface area contributed by atoms with Crippen LogP contribution in [0.3, 0.4) is 0 Å². The van der Waals surface area contributed by atoms with Crippen LogP contribution >= 0.6 is 0 Å². The third-order valence-electron chi connectivity index (χ3n) is 3.90. The zero-order chi connectivity index (χ0) is 20.4. The minimum Gasteiger partial charge on any atom is -0.482 e. The molecule has 28 heavy (non-hydrogen) atoms. The number of benzene rings is 2. The highest BCUT2D eigenvalue weighted by atomic mass is 17.2. The molecule has 6 heteroatoms. The summed E-state index contributed by atoms with van der Waals surface area (Å²) < 4.78 is 16.9. The molecule has 0 saturated heterocycles. The second kappa shape index (κ2) is 7.62. The first-order valence-electron chi connectivity index (χ1n) is 9.21. The van der Waals surface area contributed by atoms with Crippen LogP contribution in [0.1, 0.15) is 41.0 Å². The molecule has 2 aromatic carbocycles. The molecule has 2 bridgehead atoms. The van der Waals surface area contributed by atoms with Crippen LogP contribution in [0.4, 0.5) is 0 Å². The van der Waals surface area contributed by atoms with Crippen LogP contribution in [0.2, 0.25) is 0 Å². The number of carbonyl (C=O) groups excluding carboxylic acids is 1. The minimum atomic E-state index is -0.543. The fourth-order valence-electron chi connectivity index (χ4n) is 3.31. The minimum absolute atomic E-state index is 0.0668. The molecule has 0 fully saturated rings. The van der Waals surface area contributed by atoms with E-state index in [2.05, 4.69) is 20.8 Å². The molecule has 0 atom stereocenters. The Kier molecular flexibility index (Phi) is 5.40. The highest BCUT2D eigenvalue weighted by Gasteiger charge is 2.29. The van der Waals surface area contributed by atoms with E-state index in [9.17, 15) is 4.79 Å². The van der Waals surface area contributed by atoms with Gasteiger partial charge in [0.15, 0.2) is 18.1 Å². The maximum atomic E-state index is 12.1. The van der Waals surface area contributed by atoms with Gasteiger partial charge in [-0.15, -0.1) is 0 Å². The van der Waals surface area contributed by atoms with Gasteiger partial charge in [0, 0.05) is 6.07 Å². The second-order valence-electron chi connectivity index (χ2n) is 8.61. The van der Waals surface area contributed by atoms with Gasteiger partial charge >= 0.3 is 5.97 Å². The molecule has 0 aromatic heterocycles. The summed E-state index contributed by atoms with van der Waals surface area (Å²) >= 11 is 0. The summed E-state index contributed by atoms with van der Waals surface area (Å²) in [6, 6.07) is 12.2. The normalized spacial score (nSPS) is 12.8. The van der Waals surface area contributed by atoms with Gasteiger partial charge in [0.25, 0.3) is 0 Å². The van der Waals surface area contributed by atoms with Gasteiger partial charge in [0.2, 0.25) is 5.75 Å². The van der Waals surface area contributed by atoms with Crippen molar-refractivity contribution in [2.75, 3.05) is 6.61 Å². The van der Waals surface area contributed by atoms with E-state index in [1.807, 2.05) is 13.8 Å². The maximum absolute atomic E-state index is 12.1. The molecular formula is C22H26O6. The summed E-state index contributed by atoms with van der Waals surface area (Å²) in [5.74, 6) is 2.50. The van der Waals surface area contributed by atoms with Crippen molar-refractivity contribution in [2.24, 2.45) is 5.41 Å². The van der Waals surface area contributed by atoms with Crippen LogP contribution in [0, 0.1) is 5.41 Å².